The molecule has 5 amide bonds. The van der Waals surface area contributed by atoms with Gasteiger partial charge in [-0.2, -0.15) is 0 Å². The summed E-state index contributed by atoms with van der Waals surface area (Å²) in [6.45, 7) is 3.27. The molecule has 11 nitrogen and oxygen atoms in total. The Hall–Kier alpha value is -3.55. The first-order valence-corrected chi connectivity index (χ1v) is 15.6. The van der Waals surface area contributed by atoms with E-state index in [4.69, 9.17) is 17.3 Å². The third-order valence-electron chi connectivity index (χ3n) is 7.58. The van der Waals surface area contributed by atoms with Gasteiger partial charge in [0.05, 0.1) is 11.1 Å². The first kappa shape index (κ1) is 34.9. The highest BCUT2D eigenvalue weighted by Gasteiger charge is 2.39. The van der Waals surface area contributed by atoms with Gasteiger partial charge in [0.15, 0.2) is 0 Å². The second kappa shape index (κ2) is 16.0. The Morgan fingerprint density at radius 1 is 1.11 bits per heavy atom. The smallest absolute Gasteiger partial charge is 0.251 e. The van der Waals surface area contributed by atoms with Crippen LogP contribution in [0, 0.1) is 12.7 Å². The molecular formula is C30H37BrClFN6O5. The highest BCUT2D eigenvalue weighted by atomic mass is 79.9. The number of likely N-dealkylation sites (tertiary alicyclic amines) is 1. The van der Waals surface area contributed by atoms with E-state index < -0.39 is 59.5 Å². The molecule has 2 aromatic carbocycles. The van der Waals surface area contributed by atoms with Crippen LogP contribution in [0.3, 0.4) is 0 Å². The van der Waals surface area contributed by atoms with E-state index in [1.807, 2.05) is 0 Å². The highest BCUT2D eigenvalue weighted by Crippen LogP contribution is 2.24. The summed E-state index contributed by atoms with van der Waals surface area (Å²) in [5.41, 5.74) is 7.98. The molecule has 44 heavy (non-hydrogen) atoms. The number of halogens is 3. The number of likely N-dealkylation sites (N-methyl/N-ethyl adjacent to an activating group) is 1. The van der Waals surface area contributed by atoms with Gasteiger partial charge >= 0.3 is 0 Å². The van der Waals surface area contributed by atoms with Crippen molar-refractivity contribution >= 4 is 57.1 Å². The Bertz CT molecular complexity index is 1390. The lowest BCUT2D eigenvalue weighted by Gasteiger charge is -2.30. The molecule has 1 heterocycles. The number of hydrogen-bond acceptors (Lipinski definition) is 6. The number of amides is 5. The number of nitrogens with two attached hydrogens (primary N) is 1. The number of aryl methyl sites for hydroxylation is 1. The van der Waals surface area contributed by atoms with E-state index in [1.165, 1.54) is 17.0 Å². The fourth-order valence-electron chi connectivity index (χ4n) is 4.79. The largest absolute Gasteiger partial charge is 0.368 e. The Morgan fingerprint density at radius 2 is 1.80 bits per heavy atom. The summed E-state index contributed by atoms with van der Waals surface area (Å²) < 4.78 is 14.0. The van der Waals surface area contributed by atoms with Crippen LogP contribution in [0.2, 0.25) is 5.02 Å². The van der Waals surface area contributed by atoms with Crippen molar-refractivity contribution in [2.24, 2.45) is 5.73 Å². The summed E-state index contributed by atoms with van der Waals surface area (Å²) in [7, 11) is 1.60. The van der Waals surface area contributed by atoms with E-state index in [0.717, 1.165) is 5.56 Å². The third kappa shape index (κ3) is 8.99. The van der Waals surface area contributed by atoms with Crippen LogP contribution >= 0.6 is 27.5 Å². The highest BCUT2D eigenvalue weighted by molar-refractivity contribution is 9.08. The van der Waals surface area contributed by atoms with Crippen LogP contribution in [0.4, 0.5) is 4.39 Å². The maximum atomic E-state index is 14.0. The van der Waals surface area contributed by atoms with Crippen molar-refractivity contribution in [2.75, 3.05) is 20.1 Å². The predicted octanol–water partition coefficient (Wildman–Crippen LogP) is 1.71. The van der Waals surface area contributed by atoms with Crippen molar-refractivity contribution in [3.05, 3.63) is 69.5 Å². The van der Waals surface area contributed by atoms with E-state index in [-0.39, 0.29) is 24.5 Å². The van der Waals surface area contributed by atoms with Gasteiger partial charge < -0.3 is 31.9 Å². The average molecular weight is 696 g/mol. The van der Waals surface area contributed by atoms with E-state index in [0.29, 0.717) is 34.9 Å². The van der Waals surface area contributed by atoms with Crippen LogP contribution in [0.5, 0.6) is 0 Å². The number of primary amides is 1. The molecule has 2 aromatic rings. The predicted molar refractivity (Wildman–Crippen MR) is 168 cm³/mol. The molecule has 0 bridgehead atoms. The monoisotopic (exact) mass is 694 g/mol. The SMILES string of the molecule is CN[C@@H](C)C(=O)N[C@@H](Cc1cc(Cl)c(F)cc1C)C(=O)N1CCC[C@H]1C(=O)N[C@@H](CNC(=O)c1ccc(CBr)cc1)C(N)=O. The lowest BCUT2D eigenvalue weighted by atomic mass is 9.99. The molecule has 0 radical (unpaired) electrons. The Kier molecular flexibility index (Phi) is 12.7. The van der Waals surface area contributed by atoms with Crippen molar-refractivity contribution in [3.63, 3.8) is 0 Å². The lowest BCUT2D eigenvalue weighted by molar-refractivity contribution is -0.142. The molecule has 1 aliphatic heterocycles. The molecule has 0 aliphatic carbocycles. The molecule has 6 N–H and O–H groups in total. The van der Waals surface area contributed by atoms with Gasteiger partial charge in [-0.3, -0.25) is 24.0 Å². The average Bonchev–Trinajstić information content (AvgIpc) is 3.50. The van der Waals surface area contributed by atoms with Crippen molar-refractivity contribution in [3.8, 4) is 0 Å². The van der Waals surface area contributed by atoms with Crippen LogP contribution in [-0.4, -0.2) is 78.7 Å². The number of nitrogens with one attached hydrogen (secondary N) is 4. The topological polar surface area (TPSA) is 163 Å². The minimum absolute atomic E-state index is 0.00421. The molecule has 1 aliphatic rings. The van der Waals surface area contributed by atoms with E-state index in [2.05, 4.69) is 37.2 Å². The van der Waals surface area contributed by atoms with Gasteiger partial charge in [-0.15, -0.1) is 0 Å². The van der Waals surface area contributed by atoms with Crippen molar-refractivity contribution in [2.45, 2.75) is 62.6 Å². The fraction of sp³-hybridized carbons (Fsp3) is 0.433. The normalized spacial score (nSPS) is 16.5. The standard InChI is InChI=1S/C30H37BrClFN6O5/c1-16-11-22(33)21(32)12-20(16)13-23(37-27(41)17(2)35-3)30(44)39-10-4-5-25(39)29(43)38-24(26(34)40)15-36-28(42)19-8-6-18(14-31)7-9-19/h6-9,11-12,17,23-25,35H,4-5,10,13-15H2,1-3H3,(H2,34,40)(H,36,42)(H,37,41)(H,38,43)/t17-,23-,24-,25-/m0/s1. The van der Waals surface area contributed by atoms with Gasteiger partial charge in [-0.05, 0) is 74.7 Å². The maximum absolute atomic E-state index is 14.0. The maximum Gasteiger partial charge on any atom is 0.251 e. The third-order valence-corrected chi connectivity index (χ3v) is 8.52. The van der Waals surface area contributed by atoms with Crippen LogP contribution in [0.25, 0.3) is 0 Å². The van der Waals surface area contributed by atoms with Gasteiger partial charge in [0.25, 0.3) is 5.91 Å². The van der Waals surface area contributed by atoms with E-state index in [1.54, 1.807) is 45.2 Å². The zero-order valence-electron chi connectivity index (χ0n) is 24.7. The van der Waals surface area contributed by atoms with Crippen molar-refractivity contribution in [1.29, 1.82) is 0 Å². The molecule has 4 atom stereocenters. The summed E-state index contributed by atoms with van der Waals surface area (Å²) in [6, 6.07) is 5.62. The number of carbonyl (C=O) groups is 5. The Labute approximate surface area is 268 Å². The van der Waals surface area contributed by atoms with Gasteiger partial charge in [-0.1, -0.05) is 39.7 Å². The molecule has 238 valence electrons. The van der Waals surface area contributed by atoms with Gasteiger partial charge in [0, 0.05) is 30.4 Å². The molecule has 0 unspecified atom stereocenters. The number of alkyl halides is 1. The second-order valence-corrected chi connectivity index (χ2v) is 11.6. The van der Waals surface area contributed by atoms with E-state index >= 15 is 0 Å². The van der Waals surface area contributed by atoms with Crippen LogP contribution in [0.15, 0.2) is 36.4 Å². The lowest BCUT2D eigenvalue weighted by Crippen LogP contribution is -2.58. The zero-order valence-corrected chi connectivity index (χ0v) is 27.1. The van der Waals surface area contributed by atoms with Gasteiger partial charge in [0.1, 0.15) is 23.9 Å². The number of rotatable bonds is 13. The number of nitrogens with zero attached hydrogens (tertiary/aromatic N) is 1. The summed E-state index contributed by atoms with van der Waals surface area (Å²) >= 11 is 9.34. The first-order valence-electron chi connectivity index (χ1n) is 14.1. The fourth-order valence-corrected chi connectivity index (χ4v) is 5.35. The Morgan fingerprint density at radius 3 is 2.41 bits per heavy atom. The van der Waals surface area contributed by atoms with Crippen LogP contribution < -0.4 is 27.0 Å². The molecule has 0 spiro atoms. The first-order chi connectivity index (χ1) is 20.9. The summed E-state index contributed by atoms with van der Waals surface area (Å²) in [6.07, 6.45) is 0.815. The molecule has 3 rings (SSSR count). The molecule has 14 heteroatoms. The van der Waals surface area contributed by atoms with E-state index in [9.17, 15) is 28.4 Å². The van der Waals surface area contributed by atoms with Crippen LogP contribution in [0.1, 0.15) is 46.8 Å². The molecule has 0 aromatic heterocycles. The minimum Gasteiger partial charge on any atom is -0.368 e. The minimum atomic E-state index is -1.23. The molecule has 1 fully saturated rings. The quantitative estimate of drug-likeness (QED) is 0.201. The molecule has 0 saturated carbocycles. The summed E-state index contributed by atoms with van der Waals surface area (Å²) in [4.78, 5) is 66.2. The molecular weight excluding hydrogens is 659 g/mol. The number of carbonyl (C=O) groups excluding carboxylic acids is 5. The molecule has 1 saturated heterocycles. The van der Waals surface area contributed by atoms with Gasteiger partial charge in [0.2, 0.25) is 23.6 Å². The van der Waals surface area contributed by atoms with Crippen molar-refractivity contribution in [1.82, 2.24) is 26.2 Å². The number of benzene rings is 2. The summed E-state index contributed by atoms with van der Waals surface area (Å²) in [5, 5.41) is 11.2. The zero-order chi connectivity index (χ0) is 32.6. The second-order valence-electron chi connectivity index (χ2n) is 10.7. The Balaban J connectivity index is 1.74. The van der Waals surface area contributed by atoms with Crippen molar-refractivity contribution < 1.29 is 28.4 Å². The van der Waals surface area contributed by atoms with Gasteiger partial charge in [-0.25, -0.2) is 4.39 Å². The summed E-state index contributed by atoms with van der Waals surface area (Å²) in [5.74, 6) is -3.50. The van der Waals surface area contributed by atoms with Crippen LogP contribution in [-0.2, 0) is 30.9 Å². The number of hydrogen-bond donors (Lipinski definition) is 5.